The Morgan fingerprint density at radius 3 is 2.29 bits per heavy atom. The van der Waals surface area contributed by atoms with Crippen molar-refractivity contribution in [1.82, 2.24) is 19.3 Å². The van der Waals surface area contributed by atoms with Crippen LogP contribution >= 0.6 is 0 Å². The van der Waals surface area contributed by atoms with Gasteiger partial charge in [0.15, 0.2) is 5.69 Å². The zero-order chi connectivity index (χ0) is 20.1. The number of aromatic nitrogens is 3. The van der Waals surface area contributed by atoms with Crippen molar-refractivity contribution in [3.05, 3.63) is 66.5 Å². The molecule has 8 nitrogen and oxygen atoms in total. The van der Waals surface area contributed by atoms with Crippen LogP contribution in [-0.2, 0) is 10.0 Å². The van der Waals surface area contributed by atoms with Crippen LogP contribution in [0.4, 0.5) is 5.69 Å². The van der Waals surface area contributed by atoms with Crippen LogP contribution < -0.4 is 5.32 Å². The van der Waals surface area contributed by atoms with E-state index >= 15 is 0 Å². The Labute approximate surface area is 163 Å². The number of para-hydroxylation sites is 1. The number of carbonyl (C=O) groups is 1. The summed E-state index contributed by atoms with van der Waals surface area (Å²) in [6.07, 6.45) is 1.38. The van der Waals surface area contributed by atoms with Crippen LogP contribution in [0.25, 0.3) is 5.69 Å². The van der Waals surface area contributed by atoms with Gasteiger partial charge in [-0.15, -0.1) is 5.10 Å². The summed E-state index contributed by atoms with van der Waals surface area (Å²) in [4.78, 5) is 13.9. The van der Waals surface area contributed by atoms with Crippen LogP contribution in [0, 0.1) is 0 Å². The summed E-state index contributed by atoms with van der Waals surface area (Å²) in [5, 5.41) is 11.0. The third-order valence-electron chi connectivity index (χ3n) is 4.17. The van der Waals surface area contributed by atoms with E-state index in [2.05, 4.69) is 15.5 Å². The van der Waals surface area contributed by atoms with Crippen molar-refractivity contribution in [2.24, 2.45) is 0 Å². The summed E-state index contributed by atoms with van der Waals surface area (Å²) in [5.41, 5.74) is 1.37. The first kappa shape index (κ1) is 19.7. The third-order valence-corrected chi connectivity index (χ3v) is 6.23. The smallest absolute Gasteiger partial charge is 0.277 e. The maximum Gasteiger partial charge on any atom is 0.277 e. The zero-order valence-electron chi connectivity index (χ0n) is 15.6. The van der Waals surface area contributed by atoms with E-state index in [9.17, 15) is 13.2 Å². The molecule has 0 spiro atoms. The number of carbonyl (C=O) groups excluding carboxylic acids is 1. The van der Waals surface area contributed by atoms with Gasteiger partial charge in [-0.25, -0.2) is 8.42 Å². The molecule has 0 bridgehead atoms. The van der Waals surface area contributed by atoms with E-state index in [1.165, 1.54) is 27.4 Å². The van der Waals surface area contributed by atoms with E-state index in [4.69, 9.17) is 0 Å². The van der Waals surface area contributed by atoms with E-state index in [1.54, 1.807) is 26.0 Å². The van der Waals surface area contributed by atoms with Crippen molar-refractivity contribution in [3.8, 4) is 5.69 Å². The van der Waals surface area contributed by atoms with Gasteiger partial charge in [0.2, 0.25) is 10.0 Å². The molecule has 9 heteroatoms. The molecule has 3 rings (SSSR count). The SMILES string of the molecule is CCN(CC)S(=O)(=O)c1ccc(NC(=O)c2cnn(-c3ccccc3)n2)cc1. The molecular formula is C19H21N5O3S. The highest BCUT2D eigenvalue weighted by molar-refractivity contribution is 7.89. The molecule has 1 amide bonds. The summed E-state index contributed by atoms with van der Waals surface area (Å²) < 4.78 is 26.4. The normalized spacial score (nSPS) is 11.5. The van der Waals surface area contributed by atoms with E-state index in [1.807, 2.05) is 30.3 Å². The third kappa shape index (κ3) is 4.10. The molecule has 1 aromatic heterocycles. The van der Waals surface area contributed by atoms with Gasteiger partial charge in [0.1, 0.15) is 0 Å². The quantitative estimate of drug-likeness (QED) is 0.658. The first-order valence-electron chi connectivity index (χ1n) is 8.85. The van der Waals surface area contributed by atoms with Crippen molar-refractivity contribution in [3.63, 3.8) is 0 Å². The number of sulfonamides is 1. The fraction of sp³-hybridized carbons (Fsp3) is 0.211. The predicted molar refractivity (Wildman–Crippen MR) is 106 cm³/mol. The van der Waals surface area contributed by atoms with E-state index in [0.717, 1.165) is 5.69 Å². The monoisotopic (exact) mass is 399 g/mol. The molecule has 3 aromatic rings. The van der Waals surface area contributed by atoms with Gasteiger partial charge in [-0.1, -0.05) is 32.0 Å². The molecule has 0 radical (unpaired) electrons. The van der Waals surface area contributed by atoms with Crippen molar-refractivity contribution in [2.45, 2.75) is 18.7 Å². The van der Waals surface area contributed by atoms with Crippen molar-refractivity contribution in [2.75, 3.05) is 18.4 Å². The largest absolute Gasteiger partial charge is 0.321 e. The van der Waals surface area contributed by atoms with E-state index in [0.29, 0.717) is 18.8 Å². The second-order valence-electron chi connectivity index (χ2n) is 5.92. The van der Waals surface area contributed by atoms with Crippen molar-refractivity contribution >= 4 is 21.6 Å². The number of amides is 1. The Bertz CT molecular complexity index is 1040. The van der Waals surface area contributed by atoms with E-state index < -0.39 is 15.9 Å². The number of hydrogen-bond acceptors (Lipinski definition) is 5. The van der Waals surface area contributed by atoms with Gasteiger partial charge in [0, 0.05) is 18.8 Å². The highest BCUT2D eigenvalue weighted by Gasteiger charge is 2.21. The zero-order valence-corrected chi connectivity index (χ0v) is 16.4. The molecule has 0 fully saturated rings. The van der Waals surface area contributed by atoms with Crippen LogP contribution in [0.5, 0.6) is 0 Å². The molecule has 1 N–H and O–H groups in total. The number of anilines is 1. The van der Waals surface area contributed by atoms with Gasteiger partial charge in [0.25, 0.3) is 5.91 Å². The van der Waals surface area contributed by atoms with Gasteiger partial charge < -0.3 is 5.32 Å². The molecule has 0 aliphatic heterocycles. The number of rotatable bonds is 7. The second-order valence-corrected chi connectivity index (χ2v) is 7.86. The molecule has 28 heavy (non-hydrogen) atoms. The maximum absolute atomic E-state index is 12.5. The van der Waals surface area contributed by atoms with Crippen LogP contribution in [0.15, 0.2) is 65.7 Å². The van der Waals surface area contributed by atoms with Crippen LogP contribution in [0.3, 0.4) is 0 Å². The summed E-state index contributed by atoms with van der Waals surface area (Å²) in [5.74, 6) is -0.429. The Balaban J connectivity index is 1.73. The van der Waals surface area contributed by atoms with E-state index in [-0.39, 0.29) is 10.6 Å². The summed E-state index contributed by atoms with van der Waals surface area (Å²) in [7, 11) is -3.53. The molecule has 0 saturated heterocycles. The fourth-order valence-corrected chi connectivity index (χ4v) is 4.13. The molecule has 0 unspecified atom stereocenters. The topological polar surface area (TPSA) is 97.2 Å². The van der Waals surface area contributed by atoms with Gasteiger partial charge in [-0.2, -0.15) is 14.2 Å². The molecule has 1 heterocycles. The minimum Gasteiger partial charge on any atom is -0.321 e. The molecule has 0 aliphatic carbocycles. The number of benzene rings is 2. The lowest BCUT2D eigenvalue weighted by Crippen LogP contribution is -2.30. The van der Waals surface area contributed by atoms with Gasteiger partial charge in [-0.3, -0.25) is 4.79 Å². The molecule has 146 valence electrons. The number of hydrogen-bond donors (Lipinski definition) is 1. The van der Waals surface area contributed by atoms with Crippen molar-refractivity contribution in [1.29, 1.82) is 0 Å². The summed E-state index contributed by atoms with van der Waals surface area (Å²) in [6, 6.07) is 15.3. The Morgan fingerprint density at radius 2 is 1.68 bits per heavy atom. The maximum atomic E-state index is 12.5. The lowest BCUT2D eigenvalue weighted by atomic mass is 10.3. The molecule has 0 saturated carbocycles. The molecule has 2 aromatic carbocycles. The molecular weight excluding hydrogens is 378 g/mol. The number of nitrogens with zero attached hydrogens (tertiary/aromatic N) is 4. The second kappa shape index (κ2) is 8.32. The minimum atomic E-state index is -3.53. The molecule has 0 aliphatic rings. The highest BCUT2D eigenvalue weighted by atomic mass is 32.2. The Hall–Kier alpha value is -3.04. The first-order valence-corrected chi connectivity index (χ1v) is 10.3. The highest BCUT2D eigenvalue weighted by Crippen LogP contribution is 2.18. The standard InChI is InChI=1S/C19H21N5O3S/c1-3-23(4-2)28(26,27)17-12-10-15(11-13-17)21-19(25)18-14-20-24(22-18)16-8-6-5-7-9-16/h5-14H,3-4H2,1-2H3,(H,21,25). The lowest BCUT2D eigenvalue weighted by molar-refractivity contribution is 0.102. The summed E-state index contributed by atoms with van der Waals surface area (Å²) in [6.45, 7) is 4.37. The average Bonchev–Trinajstić information content (AvgIpc) is 3.20. The van der Waals surface area contributed by atoms with Crippen LogP contribution in [-0.4, -0.2) is 46.7 Å². The first-order chi connectivity index (χ1) is 13.5. The van der Waals surface area contributed by atoms with Crippen molar-refractivity contribution < 1.29 is 13.2 Å². The Morgan fingerprint density at radius 1 is 1.04 bits per heavy atom. The number of nitrogens with one attached hydrogen (secondary N) is 1. The predicted octanol–water partition coefficient (Wildman–Crippen LogP) is 2.55. The fourth-order valence-electron chi connectivity index (χ4n) is 2.67. The van der Waals surface area contributed by atoms with Gasteiger partial charge in [-0.05, 0) is 36.4 Å². The van der Waals surface area contributed by atoms with Crippen LogP contribution in [0.1, 0.15) is 24.3 Å². The van der Waals surface area contributed by atoms with Crippen LogP contribution in [0.2, 0.25) is 0 Å². The Kier molecular flexibility index (Phi) is 5.86. The lowest BCUT2D eigenvalue weighted by Gasteiger charge is -2.18. The average molecular weight is 399 g/mol. The van der Waals surface area contributed by atoms with Gasteiger partial charge in [0.05, 0.1) is 16.8 Å². The molecule has 0 atom stereocenters. The summed E-state index contributed by atoms with van der Waals surface area (Å²) >= 11 is 0. The minimum absolute atomic E-state index is 0.156. The van der Waals surface area contributed by atoms with Gasteiger partial charge >= 0.3 is 0 Å².